The van der Waals surface area contributed by atoms with Crippen LogP contribution in [0.4, 0.5) is 5.82 Å². The number of hydrogen-bond acceptors (Lipinski definition) is 3. The lowest BCUT2D eigenvalue weighted by molar-refractivity contribution is -0.120. The van der Waals surface area contributed by atoms with E-state index in [-0.39, 0.29) is 17.7 Å². The Labute approximate surface area is 89.6 Å². The summed E-state index contributed by atoms with van der Waals surface area (Å²) in [6, 6.07) is 1.76. The van der Waals surface area contributed by atoms with Crippen molar-refractivity contribution in [2.45, 2.75) is 13.8 Å². The maximum atomic E-state index is 11.8. The SMILES string of the molecule is CC(C)C(CN)C(=O)Nc1ccnn1C. The van der Waals surface area contributed by atoms with E-state index >= 15 is 0 Å². The van der Waals surface area contributed by atoms with E-state index in [0.29, 0.717) is 12.4 Å². The lowest BCUT2D eigenvalue weighted by atomic mass is 9.95. The van der Waals surface area contributed by atoms with Gasteiger partial charge in [0.15, 0.2) is 0 Å². The number of carbonyl (C=O) groups is 1. The van der Waals surface area contributed by atoms with Crippen molar-refractivity contribution in [2.24, 2.45) is 24.6 Å². The summed E-state index contributed by atoms with van der Waals surface area (Å²) in [4.78, 5) is 11.8. The van der Waals surface area contributed by atoms with Crippen LogP contribution in [0.3, 0.4) is 0 Å². The molecule has 1 amide bonds. The molecule has 5 nitrogen and oxygen atoms in total. The van der Waals surface area contributed by atoms with Gasteiger partial charge in [0.25, 0.3) is 0 Å². The molecule has 1 aromatic heterocycles. The summed E-state index contributed by atoms with van der Waals surface area (Å²) < 4.78 is 1.62. The molecule has 1 rings (SSSR count). The van der Waals surface area contributed by atoms with Crippen LogP contribution in [0.15, 0.2) is 12.3 Å². The predicted molar refractivity (Wildman–Crippen MR) is 59.2 cm³/mol. The smallest absolute Gasteiger partial charge is 0.230 e. The van der Waals surface area contributed by atoms with E-state index in [4.69, 9.17) is 5.73 Å². The Balaban J connectivity index is 2.66. The maximum absolute atomic E-state index is 11.8. The maximum Gasteiger partial charge on any atom is 0.230 e. The summed E-state index contributed by atoms with van der Waals surface area (Å²) in [5, 5.41) is 6.77. The van der Waals surface area contributed by atoms with E-state index in [2.05, 4.69) is 10.4 Å². The second-order valence-corrected chi connectivity index (χ2v) is 3.92. The summed E-state index contributed by atoms with van der Waals surface area (Å²) in [5.74, 6) is 0.735. The third-order valence-electron chi connectivity index (χ3n) is 2.47. The molecular formula is C10H18N4O. The molecule has 1 heterocycles. The van der Waals surface area contributed by atoms with Gasteiger partial charge in [0, 0.05) is 19.7 Å². The van der Waals surface area contributed by atoms with Crippen LogP contribution in [0.25, 0.3) is 0 Å². The van der Waals surface area contributed by atoms with Gasteiger partial charge in [-0.1, -0.05) is 13.8 Å². The second kappa shape index (κ2) is 4.93. The molecule has 1 unspecified atom stereocenters. The van der Waals surface area contributed by atoms with Crippen LogP contribution in [-0.2, 0) is 11.8 Å². The molecule has 1 aromatic rings. The van der Waals surface area contributed by atoms with Crippen molar-refractivity contribution in [3.63, 3.8) is 0 Å². The molecule has 84 valence electrons. The molecule has 0 aliphatic rings. The van der Waals surface area contributed by atoms with Crippen LogP contribution < -0.4 is 11.1 Å². The highest BCUT2D eigenvalue weighted by Gasteiger charge is 2.21. The molecule has 0 spiro atoms. The van der Waals surface area contributed by atoms with Crippen molar-refractivity contribution in [1.82, 2.24) is 9.78 Å². The minimum Gasteiger partial charge on any atom is -0.330 e. The molecule has 0 bridgehead atoms. The van der Waals surface area contributed by atoms with E-state index in [0.717, 1.165) is 0 Å². The van der Waals surface area contributed by atoms with Crippen LogP contribution in [-0.4, -0.2) is 22.2 Å². The first-order chi connectivity index (χ1) is 7.06. The highest BCUT2D eigenvalue weighted by Crippen LogP contribution is 2.12. The van der Waals surface area contributed by atoms with Crippen LogP contribution in [0.5, 0.6) is 0 Å². The Hall–Kier alpha value is -1.36. The third-order valence-corrected chi connectivity index (χ3v) is 2.47. The van der Waals surface area contributed by atoms with E-state index in [1.165, 1.54) is 0 Å². The largest absolute Gasteiger partial charge is 0.330 e. The number of nitrogens with zero attached hydrogens (tertiary/aromatic N) is 2. The Morgan fingerprint density at radius 1 is 1.67 bits per heavy atom. The third kappa shape index (κ3) is 2.79. The van der Waals surface area contributed by atoms with Gasteiger partial charge in [-0.3, -0.25) is 9.48 Å². The Bertz CT molecular complexity index is 332. The van der Waals surface area contributed by atoms with Crippen LogP contribution in [0.1, 0.15) is 13.8 Å². The molecule has 0 aliphatic heterocycles. The zero-order chi connectivity index (χ0) is 11.4. The molecule has 0 saturated heterocycles. The number of hydrogen-bond donors (Lipinski definition) is 2. The first-order valence-electron chi connectivity index (χ1n) is 5.05. The molecule has 0 radical (unpaired) electrons. The average Bonchev–Trinajstić information content (AvgIpc) is 2.52. The number of amides is 1. The van der Waals surface area contributed by atoms with Crippen LogP contribution >= 0.6 is 0 Å². The van der Waals surface area contributed by atoms with Gasteiger partial charge in [-0.15, -0.1) is 0 Å². The zero-order valence-electron chi connectivity index (χ0n) is 9.40. The molecular weight excluding hydrogens is 192 g/mol. The highest BCUT2D eigenvalue weighted by molar-refractivity contribution is 5.92. The van der Waals surface area contributed by atoms with Gasteiger partial charge in [-0.25, -0.2) is 0 Å². The fraction of sp³-hybridized carbons (Fsp3) is 0.600. The van der Waals surface area contributed by atoms with Crippen molar-refractivity contribution in [3.05, 3.63) is 12.3 Å². The summed E-state index contributed by atoms with van der Waals surface area (Å²) in [7, 11) is 1.78. The highest BCUT2D eigenvalue weighted by atomic mass is 16.2. The molecule has 1 atom stereocenters. The minimum absolute atomic E-state index is 0.0453. The Morgan fingerprint density at radius 3 is 2.73 bits per heavy atom. The fourth-order valence-corrected chi connectivity index (χ4v) is 1.40. The van der Waals surface area contributed by atoms with E-state index in [9.17, 15) is 4.79 Å². The molecule has 3 N–H and O–H groups in total. The van der Waals surface area contributed by atoms with Crippen molar-refractivity contribution in [2.75, 3.05) is 11.9 Å². The lowest BCUT2D eigenvalue weighted by Gasteiger charge is -2.17. The molecule has 5 heteroatoms. The monoisotopic (exact) mass is 210 g/mol. The zero-order valence-corrected chi connectivity index (χ0v) is 9.40. The van der Waals surface area contributed by atoms with Crippen LogP contribution in [0.2, 0.25) is 0 Å². The number of rotatable bonds is 4. The lowest BCUT2D eigenvalue weighted by Crippen LogP contribution is -2.33. The standard InChI is InChI=1S/C10H18N4O/c1-7(2)8(6-11)10(15)13-9-4-5-12-14(9)3/h4-5,7-8H,6,11H2,1-3H3,(H,13,15). The van der Waals surface area contributed by atoms with Gasteiger partial charge >= 0.3 is 0 Å². The van der Waals surface area contributed by atoms with Gasteiger partial charge < -0.3 is 11.1 Å². The second-order valence-electron chi connectivity index (χ2n) is 3.92. The molecule has 0 aromatic carbocycles. The Morgan fingerprint density at radius 2 is 2.33 bits per heavy atom. The first kappa shape index (κ1) is 11.7. The molecule has 0 saturated carbocycles. The quantitative estimate of drug-likeness (QED) is 0.764. The van der Waals surface area contributed by atoms with Crippen molar-refractivity contribution in [1.29, 1.82) is 0 Å². The molecule has 0 aliphatic carbocycles. The van der Waals surface area contributed by atoms with Gasteiger partial charge in [0.2, 0.25) is 5.91 Å². The van der Waals surface area contributed by atoms with Crippen molar-refractivity contribution < 1.29 is 4.79 Å². The average molecular weight is 210 g/mol. The number of aromatic nitrogens is 2. The number of carbonyl (C=O) groups excluding carboxylic acids is 1. The van der Waals surface area contributed by atoms with Crippen molar-refractivity contribution >= 4 is 11.7 Å². The van der Waals surface area contributed by atoms with E-state index < -0.39 is 0 Å². The number of aryl methyl sites for hydroxylation is 1. The molecule has 15 heavy (non-hydrogen) atoms. The van der Waals surface area contributed by atoms with Gasteiger partial charge in [-0.2, -0.15) is 5.10 Å². The van der Waals surface area contributed by atoms with Gasteiger partial charge in [0.05, 0.1) is 12.1 Å². The minimum atomic E-state index is -0.153. The summed E-state index contributed by atoms with van der Waals surface area (Å²) in [6.07, 6.45) is 1.64. The molecule has 0 fully saturated rings. The van der Waals surface area contributed by atoms with Crippen LogP contribution in [0, 0.1) is 11.8 Å². The number of anilines is 1. The Kier molecular flexibility index (Phi) is 3.85. The van der Waals surface area contributed by atoms with Gasteiger partial charge in [0.1, 0.15) is 5.82 Å². The van der Waals surface area contributed by atoms with E-state index in [1.54, 1.807) is 24.0 Å². The first-order valence-corrected chi connectivity index (χ1v) is 5.05. The van der Waals surface area contributed by atoms with E-state index in [1.807, 2.05) is 13.8 Å². The summed E-state index contributed by atoms with van der Waals surface area (Å²) in [5.41, 5.74) is 5.56. The summed E-state index contributed by atoms with van der Waals surface area (Å²) in [6.45, 7) is 4.34. The predicted octanol–water partition coefficient (Wildman–Crippen LogP) is 0.589. The van der Waals surface area contributed by atoms with Gasteiger partial charge in [-0.05, 0) is 5.92 Å². The van der Waals surface area contributed by atoms with Crippen molar-refractivity contribution in [3.8, 4) is 0 Å². The number of nitrogens with two attached hydrogens (primary N) is 1. The number of nitrogens with one attached hydrogen (secondary N) is 1. The topological polar surface area (TPSA) is 72.9 Å². The summed E-state index contributed by atoms with van der Waals surface area (Å²) >= 11 is 0. The normalized spacial score (nSPS) is 12.9. The fourth-order valence-electron chi connectivity index (χ4n) is 1.40.